The predicted molar refractivity (Wildman–Crippen MR) is 92.6 cm³/mol. The molecule has 0 unspecified atom stereocenters. The van der Waals surface area contributed by atoms with E-state index in [1.807, 2.05) is 0 Å². The number of hydrogen-bond donors (Lipinski definition) is 0. The Morgan fingerprint density at radius 3 is 2.00 bits per heavy atom. The van der Waals surface area contributed by atoms with Crippen molar-refractivity contribution in [2.45, 2.75) is 28.9 Å². The fourth-order valence-corrected chi connectivity index (χ4v) is 4.10. The Hall–Kier alpha value is -0.147. The van der Waals surface area contributed by atoms with E-state index in [-0.39, 0.29) is 5.97 Å². The summed E-state index contributed by atoms with van der Waals surface area (Å²) in [5.41, 5.74) is 0. The summed E-state index contributed by atoms with van der Waals surface area (Å²) < 4.78 is 21.8. The van der Waals surface area contributed by atoms with Crippen molar-refractivity contribution < 1.29 is 23.7 Å². The first-order valence-corrected chi connectivity index (χ1v) is 16.4. The summed E-state index contributed by atoms with van der Waals surface area (Å²) in [6.07, 6.45) is 0.565. The molecule has 0 radical (unpaired) electrons. The zero-order valence-electron chi connectivity index (χ0n) is 15.0. The van der Waals surface area contributed by atoms with E-state index in [1.165, 1.54) is 0 Å². The van der Waals surface area contributed by atoms with E-state index in [9.17, 15) is 4.79 Å². The van der Waals surface area contributed by atoms with Crippen molar-refractivity contribution in [2.75, 3.05) is 65.9 Å². The van der Waals surface area contributed by atoms with Gasteiger partial charge in [0.1, 0.15) is 0 Å². The van der Waals surface area contributed by atoms with Gasteiger partial charge in [-0.3, -0.25) is 0 Å². The van der Waals surface area contributed by atoms with Crippen molar-refractivity contribution in [1.29, 1.82) is 0 Å². The molecule has 23 heavy (non-hydrogen) atoms. The third-order valence-electron chi connectivity index (χ3n) is 3.60. The molecule has 0 bridgehead atoms. The van der Waals surface area contributed by atoms with E-state index in [2.05, 4.69) is 22.2 Å². The Balaban J connectivity index is 2.19. The second kappa shape index (κ2) is 12.2. The van der Waals surface area contributed by atoms with Gasteiger partial charge in [-0.2, -0.15) is 0 Å². The molecule has 1 aliphatic rings. The number of nitrogens with zero attached hydrogens (tertiary/aromatic N) is 1. The molecule has 0 amide bonds. The van der Waals surface area contributed by atoms with Gasteiger partial charge in [-0.15, -0.1) is 0 Å². The van der Waals surface area contributed by atoms with Gasteiger partial charge in [0.15, 0.2) is 0 Å². The molecule has 6 nitrogen and oxygen atoms in total. The topological polar surface area (TPSA) is 57.2 Å². The first-order chi connectivity index (χ1) is 11.0. The summed E-state index contributed by atoms with van der Waals surface area (Å²) in [6.45, 7) is 6.57. The van der Waals surface area contributed by atoms with E-state index < -0.39 is 13.3 Å². The van der Waals surface area contributed by atoms with Crippen molar-refractivity contribution in [3.8, 4) is 0 Å². The van der Waals surface area contributed by atoms with Crippen molar-refractivity contribution in [1.82, 2.24) is 4.90 Å². The van der Waals surface area contributed by atoms with E-state index in [4.69, 9.17) is 18.9 Å². The molecule has 136 valence electrons. The van der Waals surface area contributed by atoms with Crippen molar-refractivity contribution in [3.05, 3.63) is 0 Å². The SMILES string of the molecule is [CH3][Ge]([CH3])([CH3])[CH2]CC(=O)OCCN1CCOCCOCCOCC1. The van der Waals surface area contributed by atoms with Crippen LogP contribution >= 0.6 is 0 Å². The quantitative estimate of drug-likeness (QED) is 0.506. The standard InChI is InChI=1S/C16H33GeNO5/c1-17(2,3)5-4-16(19)23-11-8-18-6-9-20-12-14-22-15-13-21-10-7-18/h4-15H2,1-3H3. The molecule has 0 spiro atoms. The molecule has 1 aliphatic heterocycles. The van der Waals surface area contributed by atoms with Gasteiger partial charge in [0.2, 0.25) is 0 Å². The van der Waals surface area contributed by atoms with Crippen LogP contribution in [0, 0.1) is 0 Å². The van der Waals surface area contributed by atoms with Crippen molar-refractivity contribution >= 4 is 19.2 Å². The number of hydrogen-bond acceptors (Lipinski definition) is 6. The number of carbonyl (C=O) groups excluding carboxylic acids is 1. The first-order valence-electron chi connectivity index (χ1n) is 8.58. The Labute approximate surface area is 143 Å². The van der Waals surface area contributed by atoms with Gasteiger partial charge in [0.25, 0.3) is 0 Å². The molecule has 0 atom stereocenters. The monoisotopic (exact) mass is 393 g/mol. The van der Waals surface area contributed by atoms with Crippen molar-refractivity contribution in [3.63, 3.8) is 0 Å². The summed E-state index contributed by atoms with van der Waals surface area (Å²) in [5.74, 6) is 6.88. The molecular weight excluding hydrogens is 359 g/mol. The van der Waals surface area contributed by atoms with Gasteiger partial charge < -0.3 is 4.74 Å². The first kappa shape index (κ1) is 20.9. The van der Waals surface area contributed by atoms with Crippen LogP contribution in [0.3, 0.4) is 0 Å². The van der Waals surface area contributed by atoms with E-state index in [0.717, 1.165) is 24.9 Å². The van der Waals surface area contributed by atoms with Crippen LogP contribution < -0.4 is 0 Å². The molecule has 0 aromatic carbocycles. The molecule has 1 fully saturated rings. The average Bonchev–Trinajstić information content (AvgIpc) is 2.47. The average molecular weight is 392 g/mol. The van der Waals surface area contributed by atoms with Crippen LogP contribution in [0.1, 0.15) is 6.42 Å². The van der Waals surface area contributed by atoms with E-state index in [0.29, 0.717) is 52.7 Å². The molecule has 0 aromatic rings. The minimum atomic E-state index is -1.65. The van der Waals surface area contributed by atoms with Crippen LogP contribution in [0.4, 0.5) is 0 Å². The Kier molecular flexibility index (Phi) is 11.1. The van der Waals surface area contributed by atoms with Gasteiger partial charge >= 0.3 is 138 Å². The molecule has 0 aliphatic carbocycles. The van der Waals surface area contributed by atoms with Crippen LogP contribution in [0.15, 0.2) is 0 Å². The maximum atomic E-state index is 11.8. The molecule has 0 saturated carbocycles. The van der Waals surface area contributed by atoms with Crippen LogP contribution in [-0.4, -0.2) is 90.0 Å². The second-order valence-electron chi connectivity index (χ2n) is 6.96. The number of ether oxygens (including phenoxy) is 4. The third-order valence-corrected chi connectivity index (χ3v) is 7.27. The zero-order valence-corrected chi connectivity index (χ0v) is 17.1. The maximum absolute atomic E-state index is 11.8. The second-order valence-corrected chi connectivity index (χ2v) is 18.8. The fourth-order valence-electron chi connectivity index (χ4n) is 2.10. The van der Waals surface area contributed by atoms with Crippen LogP contribution in [0.25, 0.3) is 0 Å². The fraction of sp³-hybridized carbons (Fsp3) is 0.938. The Bertz CT molecular complexity index is 310. The van der Waals surface area contributed by atoms with E-state index >= 15 is 0 Å². The summed E-state index contributed by atoms with van der Waals surface area (Å²) >= 11 is -1.65. The molecule has 1 saturated heterocycles. The minimum absolute atomic E-state index is 0.0652. The van der Waals surface area contributed by atoms with Crippen LogP contribution in [0.2, 0.25) is 22.5 Å². The van der Waals surface area contributed by atoms with Gasteiger partial charge in [0, 0.05) is 0 Å². The number of rotatable bonds is 6. The summed E-state index contributed by atoms with van der Waals surface area (Å²) in [5, 5.41) is 1.03. The summed E-state index contributed by atoms with van der Waals surface area (Å²) in [4.78, 5) is 14.0. The third kappa shape index (κ3) is 12.9. The molecule has 0 N–H and O–H groups in total. The zero-order chi connectivity index (χ0) is 17.0. The van der Waals surface area contributed by atoms with Gasteiger partial charge in [-0.25, -0.2) is 0 Å². The van der Waals surface area contributed by atoms with Gasteiger partial charge in [0.05, 0.1) is 0 Å². The van der Waals surface area contributed by atoms with Crippen LogP contribution in [0.5, 0.6) is 0 Å². The Morgan fingerprint density at radius 1 is 0.957 bits per heavy atom. The number of esters is 1. The van der Waals surface area contributed by atoms with E-state index in [1.54, 1.807) is 0 Å². The molecule has 1 heterocycles. The van der Waals surface area contributed by atoms with Crippen LogP contribution in [-0.2, 0) is 23.7 Å². The molecule has 1 rings (SSSR count). The number of carbonyl (C=O) groups is 1. The molecule has 0 aromatic heterocycles. The Morgan fingerprint density at radius 2 is 1.48 bits per heavy atom. The van der Waals surface area contributed by atoms with Gasteiger partial charge in [-0.05, 0) is 0 Å². The normalized spacial score (nSPS) is 19.6. The van der Waals surface area contributed by atoms with Gasteiger partial charge in [-0.1, -0.05) is 0 Å². The molecule has 7 heteroatoms. The molecular formula is C16H33GeNO5. The predicted octanol–water partition coefficient (Wildman–Crippen LogP) is 1.62. The summed E-state index contributed by atoms with van der Waals surface area (Å²) in [7, 11) is 0. The van der Waals surface area contributed by atoms with Crippen molar-refractivity contribution in [2.24, 2.45) is 0 Å². The summed E-state index contributed by atoms with van der Waals surface area (Å²) in [6, 6.07) is 0.